The van der Waals surface area contributed by atoms with Gasteiger partial charge >= 0.3 is 0 Å². The molecule has 1 aliphatic heterocycles. The summed E-state index contributed by atoms with van der Waals surface area (Å²) in [7, 11) is 1.61. The molecule has 0 aromatic heterocycles. The number of thiocarbonyl (C=S) groups is 1. The topological polar surface area (TPSA) is 73.8 Å². The van der Waals surface area contributed by atoms with Crippen LogP contribution < -0.4 is 15.4 Å². The molecule has 7 heteroatoms. The molecular formula is C23H21ClN2O3S. The van der Waals surface area contributed by atoms with Gasteiger partial charge in [-0.2, -0.15) is 0 Å². The summed E-state index contributed by atoms with van der Waals surface area (Å²) >= 11 is 12.1. The number of rotatable bonds is 4. The molecule has 1 aliphatic rings. The van der Waals surface area contributed by atoms with Crippen LogP contribution in [-0.4, -0.2) is 22.4 Å². The summed E-state index contributed by atoms with van der Waals surface area (Å²) in [6, 6.07) is 19.6. The van der Waals surface area contributed by atoms with Crippen molar-refractivity contribution >= 4 is 28.9 Å². The standard InChI is InChI=1S/C23H21ClN2O3S/c1-29-16-9-6-14(7-10-16)23(18-11-8-15(27)12-21(18)28)13-20(25-22(30)26-23)17-4-2-3-5-19(17)24/h2-12,20,27-28H,13H2,1H3,(H2,25,26,30)/t20-,23-/m1/s1. The predicted molar refractivity (Wildman–Crippen MR) is 121 cm³/mol. The van der Waals surface area contributed by atoms with Crippen molar-refractivity contribution in [1.29, 1.82) is 0 Å². The van der Waals surface area contributed by atoms with E-state index in [9.17, 15) is 10.2 Å². The molecule has 1 heterocycles. The first-order chi connectivity index (χ1) is 14.4. The SMILES string of the molecule is COc1ccc([C@@]2(c3ccc(O)cc3O)C[C@H](c3ccccc3Cl)NC(=S)N2)cc1. The monoisotopic (exact) mass is 440 g/mol. The highest BCUT2D eigenvalue weighted by Gasteiger charge is 2.43. The molecule has 0 bridgehead atoms. The van der Waals surface area contributed by atoms with Gasteiger partial charge in [-0.05, 0) is 53.7 Å². The molecule has 3 aromatic carbocycles. The van der Waals surface area contributed by atoms with E-state index in [2.05, 4.69) is 10.6 Å². The Bertz CT molecular complexity index is 1090. The van der Waals surface area contributed by atoms with E-state index in [1.54, 1.807) is 19.2 Å². The summed E-state index contributed by atoms with van der Waals surface area (Å²) in [6.07, 6.45) is 0.515. The second kappa shape index (κ2) is 8.05. The third-order valence-electron chi connectivity index (χ3n) is 5.45. The molecule has 4 rings (SSSR count). The Morgan fingerprint density at radius 2 is 1.80 bits per heavy atom. The van der Waals surface area contributed by atoms with Crippen LogP contribution in [-0.2, 0) is 5.54 Å². The van der Waals surface area contributed by atoms with E-state index in [-0.39, 0.29) is 17.5 Å². The molecule has 4 N–H and O–H groups in total. The van der Waals surface area contributed by atoms with Crippen molar-refractivity contribution in [3.63, 3.8) is 0 Å². The average Bonchev–Trinajstić information content (AvgIpc) is 2.73. The predicted octanol–water partition coefficient (Wildman–Crippen LogP) is 4.61. The van der Waals surface area contributed by atoms with Crippen molar-refractivity contribution in [3.8, 4) is 17.2 Å². The van der Waals surface area contributed by atoms with Gasteiger partial charge in [0, 0.05) is 23.1 Å². The second-order valence-electron chi connectivity index (χ2n) is 7.21. The minimum absolute atomic E-state index is 0.0136. The maximum atomic E-state index is 10.8. The number of ether oxygens (including phenoxy) is 1. The summed E-state index contributed by atoms with van der Waals surface area (Å²) in [6.45, 7) is 0. The number of phenols is 2. The zero-order valence-electron chi connectivity index (χ0n) is 16.2. The van der Waals surface area contributed by atoms with E-state index in [0.29, 0.717) is 22.1 Å². The lowest BCUT2D eigenvalue weighted by atomic mass is 9.75. The van der Waals surface area contributed by atoms with Crippen molar-refractivity contribution in [3.05, 3.63) is 88.4 Å². The fourth-order valence-corrected chi connectivity index (χ4v) is 4.60. The lowest BCUT2D eigenvalue weighted by Crippen LogP contribution is -2.57. The molecule has 5 nitrogen and oxygen atoms in total. The Labute approximate surface area is 185 Å². The quantitative estimate of drug-likeness (QED) is 0.444. The zero-order chi connectivity index (χ0) is 21.3. The van der Waals surface area contributed by atoms with Crippen molar-refractivity contribution < 1.29 is 14.9 Å². The van der Waals surface area contributed by atoms with Gasteiger partial charge in [0.1, 0.15) is 17.2 Å². The molecule has 1 fully saturated rings. The molecule has 0 aliphatic carbocycles. The van der Waals surface area contributed by atoms with Gasteiger partial charge in [0.25, 0.3) is 0 Å². The van der Waals surface area contributed by atoms with Crippen LogP contribution in [0.5, 0.6) is 17.2 Å². The lowest BCUT2D eigenvalue weighted by molar-refractivity contribution is 0.330. The highest BCUT2D eigenvalue weighted by atomic mass is 35.5. The van der Waals surface area contributed by atoms with E-state index in [0.717, 1.165) is 16.9 Å². The summed E-state index contributed by atoms with van der Waals surface area (Å²) in [5.74, 6) is 0.684. The van der Waals surface area contributed by atoms with Gasteiger partial charge in [-0.25, -0.2) is 0 Å². The molecule has 2 atom stereocenters. The molecule has 0 radical (unpaired) electrons. The fourth-order valence-electron chi connectivity index (χ4n) is 4.02. The smallest absolute Gasteiger partial charge is 0.167 e. The average molecular weight is 441 g/mol. The number of benzene rings is 3. The highest BCUT2D eigenvalue weighted by Crippen LogP contribution is 2.45. The van der Waals surface area contributed by atoms with Crippen LogP contribution in [0.1, 0.15) is 29.2 Å². The molecule has 30 heavy (non-hydrogen) atoms. The van der Waals surface area contributed by atoms with Crippen molar-refractivity contribution in [2.75, 3.05) is 7.11 Å². The van der Waals surface area contributed by atoms with E-state index < -0.39 is 5.54 Å². The number of halogens is 1. The van der Waals surface area contributed by atoms with Crippen LogP contribution in [0, 0.1) is 0 Å². The first kappa shape index (κ1) is 20.3. The summed E-state index contributed by atoms with van der Waals surface area (Å²) in [5, 5.41) is 28.3. The first-order valence-electron chi connectivity index (χ1n) is 9.43. The van der Waals surface area contributed by atoms with E-state index in [4.69, 9.17) is 28.6 Å². The molecular weight excluding hydrogens is 420 g/mol. The van der Waals surface area contributed by atoms with Gasteiger partial charge in [-0.3, -0.25) is 0 Å². The van der Waals surface area contributed by atoms with Crippen LogP contribution in [0.25, 0.3) is 0 Å². The summed E-state index contributed by atoms with van der Waals surface area (Å²) in [5.41, 5.74) is 1.56. The molecule has 0 unspecified atom stereocenters. The summed E-state index contributed by atoms with van der Waals surface area (Å²) < 4.78 is 5.30. The highest BCUT2D eigenvalue weighted by molar-refractivity contribution is 7.80. The van der Waals surface area contributed by atoms with E-state index >= 15 is 0 Å². The maximum Gasteiger partial charge on any atom is 0.167 e. The van der Waals surface area contributed by atoms with Crippen molar-refractivity contribution in [1.82, 2.24) is 10.6 Å². The van der Waals surface area contributed by atoms with Crippen LogP contribution >= 0.6 is 23.8 Å². The Kier molecular flexibility index (Phi) is 5.45. The van der Waals surface area contributed by atoms with Gasteiger partial charge < -0.3 is 25.6 Å². The van der Waals surface area contributed by atoms with Crippen LogP contribution in [0.3, 0.4) is 0 Å². The van der Waals surface area contributed by atoms with Crippen LogP contribution in [0.15, 0.2) is 66.7 Å². The number of hydrogen-bond donors (Lipinski definition) is 4. The Hall–Kier alpha value is -2.96. The van der Waals surface area contributed by atoms with Crippen LogP contribution in [0.4, 0.5) is 0 Å². The molecule has 154 valence electrons. The third kappa shape index (κ3) is 3.64. The normalized spacial score (nSPS) is 20.9. The van der Waals surface area contributed by atoms with Gasteiger partial charge in [-0.15, -0.1) is 0 Å². The minimum Gasteiger partial charge on any atom is -0.508 e. The Balaban J connectivity index is 1.89. The second-order valence-corrected chi connectivity index (χ2v) is 8.03. The van der Waals surface area contributed by atoms with E-state index in [1.165, 1.54) is 6.07 Å². The third-order valence-corrected chi connectivity index (χ3v) is 6.01. The Morgan fingerprint density at radius 3 is 2.47 bits per heavy atom. The molecule has 0 amide bonds. The van der Waals surface area contributed by atoms with Gasteiger partial charge in [0.15, 0.2) is 5.11 Å². The van der Waals surface area contributed by atoms with Gasteiger partial charge in [-0.1, -0.05) is 41.9 Å². The number of aromatic hydroxyl groups is 2. The zero-order valence-corrected chi connectivity index (χ0v) is 17.8. The van der Waals surface area contributed by atoms with E-state index in [1.807, 2.05) is 48.5 Å². The van der Waals surface area contributed by atoms with Crippen LogP contribution in [0.2, 0.25) is 5.02 Å². The first-order valence-corrected chi connectivity index (χ1v) is 10.2. The largest absolute Gasteiger partial charge is 0.508 e. The van der Waals surface area contributed by atoms with Crippen molar-refractivity contribution in [2.45, 2.75) is 18.0 Å². The Morgan fingerprint density at radius 1 is 1.07 bits per heavy atom. The van der Waals surface area contributed by atoms with Gasteiger partial charge in [0.05, 0.1) is 18.7 Å². The number of methoxy groups -OCH3 is 1. The molecule has 0 saturated carbocycles. The fraction of sp³-hybridized carbons (Fsp3) is 0.174. The molecule has 0 spiro atoms. The lowest BCUT2D eigenvalue weighted by Gasteiger charge is -2.45. The van der Waals surface area contributed by atoms with Crippen molar-refractivity contribution in [2.24, 2.45) is 0 Å². The number of nitrogens with one attached hydrogen (secondary N) is 2. The minimum atomic E-state index is -0.851. The summed E-state index contributed by atoms with van der Waals surface area (Å²) in [4.78, 5) is 0. The number of hydrogen-bond acceptors (Lipinski definition) is 4. The molecule has 3 aromatic rings. The maximum absolute atomic E-state index is 10.8. The number of phenolic OH excluding ortho intramolecular Hbond substituents is 2. The molecule has 1 saturated heterocycles. The van der Waals surface area contributed by atoms with Gasteiger partial charge in [0.2, 0.25) is 0 Å².